The highest BCUT2D eigenvalue weighted by molar-refractivity contribution is 7.89. The first-order chi connectivity index (χ1) is 16.1. The first kappa shape index (κ1) is 24.5. The van der Waals surface area contributed by atoms with Gasteiger partial charge in [0.2, 0.25) is 10.0 Å². The van der Waals surface area contributed by atoms with Gasteiger partial charge in [-0.3, -0.25) is 4.79 Å². The average molecular weight is 487 g/mol. The fourth-order valence-corrected chi connectivity index (χ4v) is 6.95. The number of fused-ring (bicyclic) bond motifs is 1. The monoisotopic (exact) mass is 486 g/mol. The van der Waals surface area contributed by atoms with E-state index in [4.69, 9.17) is 9.47 Å². The number of carbonyl (C=O) groups excluding carboxylic acids is 1. The molecule has 1 atom stereocenters. The molecule has 2 aromatic carbocycles. The van der Waals surface area contributed by atoms with Gasteiger partial charge in [0.25, 0.3) is 5.91 Å². The van der Waals surface area contributed by atoms with Crippen molar-refractivity contribution >= 4 is 21.6 Å². The number of benzene rings is 2. The Morgan fingerprint density at radius 3 is 2.47 bits per heavy atom. The number of sulfonamides is 1. The molecular formula is C26H34N2O5S. The van der Waals surface area contributed by atoms with Crippen molar-refractivity contribution < 1.29 is 22.7 Å². The second-order valence-electron chi connectivity index (χ2n) is 9.69. The molecule has 1 amide bonds. The summed E-state index contributed by atoms with van der Waals surface area (Å²) in [6.45, 7) is 9.73. The van der Waals surface area contributed by atoms with Gasteiger partial charge in [0, 0.05) is 29.9 Å². The van der Waals surface area contributed by atoms with E-state index in [2.05, 4.69) is 6.92 Å². The molecule has 2 aromatic rings. The summed E-state index contributed by atoms with van der Waals surface area (Å²) in [5.74, 6) is 1.04. The van der Waals surface area contributed by atoms with Crippen LogP contribution in [0, 0.1) is 0 Å². The van der Waals surface area contributed by atoms with Crippen LogP contribution >= 0.6 is 0 Å². The number of nitrogens with zero attached hydrogens (tertiary/aromatic N) is 2. The molecule has 4 rings (SSSR count). The van der Waals surface area contributed by atoms with E-state index in [9.17, 15) is 13.2 Å². The van der Waals surface area contributed by atoms with Gasteiger partial charge in [-0.25, -0.2) is 8.42 Å². The zero-order valence-corrected chi connectivity index (χ0v) is 21.4. The first-order valence-electron chi connectivity index (χ1n) is 11.9. The third kappa shape index (κ3) is 4.29. The van der Waals surface area contributed by atoms with Crippen LogP contribution in [0.2, 0.25) is 0 Å². The van der Waals surface area contributed by atoms with Gasteiger partial charge in [-0.1, -0.05) is 6.92 Å². The molecule has 1 fully saturated rings. The van der Waals surface area contributed by atoms with Crippen LogP contribution in [-0.2, 0) is 10.0 Å². The Balaban J connectivity index is 1.79. The van der Waals surface area contributed by atoms with Gasteiger partial charge in [-0.15, -0.1) is 0 Å². The maximum Gasteiger partial charge on any atom is 0.258 e. The lowest BCUT2D eigenvalue weighted by Crippen LogP contribution is -2.51. The molecule has 8 heteroatoms. The van der Waals surface area contributed by atoms with Crippen LogP contribution < -0.4 is 14.4 Å². The highest BCUT2D eigenvalue weighted by Gasteiger charge is 2.41. The fourth-order valence-electron chi connectivity index (χ4n) is 5.26. The molecule has 2 aliphatic rings. The quantitative estimate of drug-likeness (QED) is 0.586. The molecule has 1 saturated heterocycles. The third-order valence-corrected chi connectivity index (χ3v) is 8.71. The largest absolute Gasteiger partial charge is 0.495 e. The van der Waals surface area contributed by atoms with Crippen molar-refractivity contribution in [2.45, 2.75) is 63.3 Å². The molecular weight excluding hydrogens is 452 g/mol. The lowest BCUT2D eigenvalue weighted by molar-refractivity contribution is 0.0953. The second kappa shape index (κ2) is 9.23. The van der Waals surface area contributed by atoms with E-state index in [0.29, 0.717) is 25.3 Å². The van der Waals surface area contributed by atoms with Crippen LogP contribution in [-0.4, -0.2) is 51.0 Å². The van der Waals surface area contributed by atoms with Crippen molar-refractivity contribution in [2.24, 2.45) is 0 Å². The molecule has 1 unspecified atom stereocenters. The van der Waals surface area contributed by atoms with Gasteiger partial charge in [-0.2, -0.15) is 4.31 Å². The highest BCUT2D eigenvalue weighted by atomic mass is 32.2. The van der Waals surface area contributed by atoms with E-state index < -0.39 is 15.6 Å². The lowest BCUT2D eigenvalue weighted by Gasteiger charge is -2.46. The molecule has 0 saturated carbocycles. The van der Waals surface area contributed by atoms with Crippen molar-refractivity contribution in [2.75, 3.05) is 31.7 Å². The van der Waals surface area contributed by atoms with Crippen molar-refractivity contribution in [3.63, 3.8) is 0 Å². The zero-order valence-electron chi connectivity index (χ0n) is 20.6. The van der Waals surface area contributed by atoms with E-state index in [1.54, 1.807) is 17.0 Å². The number of carbonyl (C=O) groups is 1. The molecule has 0 radical (unpaired) electrons. The predicted molar refractivity (Wildman–Crippen MR) is 133 cm³/mol. The summed E-state index contributed by atoms with van der Waals surface area (Å²) in [7, 11) is -2.31. The number of hydrogen-bond acceptors (Lipinski definition) is 5. The second-order valence-corrected chi connectivity index (χ2v) is 11.6. The highest BCUT2D eigenvalue weighted by Crippen LogP contribution is 2.45. The number of hydrogen-bond donors (Lipinski definition) is 0. The Labute approximate surface area is 202 Å². The summed E-state index contributed by atoms with van der Waals surface area (Å²) >= 11 is 0. The maximum atomic E-state index is 13.9. The van der Waals surface area contributed by atoms with Gasteiger partial charge in [0.1, 0.15) is 16.4 Å². The van der Waals surface area contributed by atoms with Crippen LogP contribution in [0.4, 0.5) is 5.69 Å². The Morgan fingerprint density at radius 2 is 1.82 bits per heavy atom. The molecule has 0 aliphatic carbocycles. The topological polar surface area (TPSA) is 76.1 Å². The molecule has 7 nitrogen and oxygen atoms in total. The van der Waals surface area contributed by atoms with Crippen LogP contribution in [0.1, 0.15) is 68.8 Å². The van der Waals surface area contributed by atoms with Gasteiger partial charge >= 0.3 is 0 Å². The summed E-state index contributed by atoms with van der Waals surface area (Å²) in [6.07, 6.45) is 2.44. The van der Waals surface area contributed by atoms with E-state index in [1.807, 2.05) is 39.0 Å². The van der Waals surface area contributed by atoms with Crippen molar-refractivity contribution in [1.29, 1.82) is 0 Å². The number of anilines is 1. The molecule has 0 bridgehead atoms. The zero-order chi connectivity index (χ0) is 24.7. The number of ether oxygens (including phenoxy) is 2. The van der Waals surface area contributed by atoms with Crippen molar-refractivity contribution in [3.8, 4) is 11.5 Å². The third-order valence-electron chi connectivity index (χ3n) is 6.79. The first-order valence-corrected chi connectivity index (χ1v) is 13.3. The SMILES string of the molecule is CCOc1ccc2c(c1)C(C)CC(C)(C)N2C(=O)c1ccc(OC)c(S(=O)(=O)N2CCCC2)c1. The minimum absolute atomic E-state index is 0.0397. The van der Waals surface area contributed by atoms with Gasteiger partial charge in [-0.05, 0) is 87.9 Å². The van der Waals surface area contributed by atoms with Gasteiger partial charge in [0.15, 0.2) is 0 Å². The Kier molecular flexibility index (Phi) is 6.66. The van der Waals surface area contributed by atoms with Gasteiger partial charge in [0.05, 0.1) is 13.7 Å². The number of amides is 1. The number of methoxy groups -OCH3 is 1. The lowest BCUT2D eigenvalue weighted by atomic mass is 9.79. The van der Waals surface area contributed by atoms with Crippen LogP contribution in [0.25, 0.3) is 0 Å². The standard InChI is InChI=1S/C26H34N2O5S/c1-6-33-20-10-11-22-21(16-20)18(2)17-26(3,4)28(22)25(29)19-9-12-23(32-5)24(15-19)34(30,31)27-13-7-8-14-27/h9-12,15-16,18H,6-8,13-14,17H2,1-5H3. The van der Waals surface area contributed by atoms with E-state index in [1.165, 1.54) is 17.5 Å². The fraction of sp³-hybridized carbons (Fsp3) is 0.500. The summed E-state index contributed by atoms with van der Waals surface area (Å²) in [4.78, 5) is 15.8. The van der Waals surface area contributed by atoms with Crippen molar-refractivity contribution in [3.05, 3.63) is 47.5 Å². The predicted octanol–water partition coefficient (Wildman–Crippen LogP) is 4.81. The summed E-state index contributed by atoms with van der Waals surface area (Å²) in [5.41, 5.74) is 1.75. The Morgan fingerprint density at radius 1 is 1.12 bits per heavy atom. The number of rotatable bonds is 6. The summed E-state index contributed by atoms with van der Waals surface area (Å²) < 4.78 is 39.2. The van der Waals surface area contributed by atoms with E-state index in [-0.39, 0.29) is 22.5 Å². The maximum absolute atomic E-state index is 13.9. The van der Waals surface area contributed by atoms with Crippen LogP contribution in [0.15, 0.2) is 41.3 Å². The molecule has 0 spiro atoms. The molecule has 34 heavy (non-hydrogen) atoms. The van der Waals surface area contributed by atoms with Crippen molar-refractivity contribution in [1.82, 2.24) is 4.31 Å². The average Bonchev–Trinajstić information content (AvgIpc) is 3.34. The summed E-state index contributed by atoms with van der Waals surface area (Å²) in [5, 5.41) is 0. The molecule has 0 N–H and O–H groups in total. The van der Waals surface area contributed by atoms with Gasteiger partial charge < -0.3 is 14.4 Å². The Hall–Kier alpha value is -2.58. The van der Waals surface area contributed by atoms with Crippen LogP contribution in [0.5, 0.6) is 11.5 Å². The normalized spacial score (nSPS) is 20.1. The Bertz CT molecular complexity index is 1190. The molecule has 2 aliphatic heterocycles. The van der Waals surface area contributed by atoms with Crippen LogP contribution in [0.3, 0.4) is 0 Å². The smallest absolute Gasteiger partial charge is 0.258 e. The minimum atomic E-state index is -3.76. The van der Waals surface area contributed by atoms with E-state index >= 15 is 0 Å². The minimum Gasteiger partial charge on any atom is -0.495 e. The molecule has 184 valence electrons. The summed E-state index contributed by atoms with van der Waals surface area (Å²) in [6, 6.07) is 10.5. The molecule has 0 aromatic heterocycles. The molecule has 2 heterocycles. The van der Waals surface area contributed by atoms with E-state index in [0.717, 1.165) is 36.3 Å².